The normalized spacial score (nSPS) is 11.5. The predicted molar refractivity (Wildman–Crippen MR) is 47.6 cm³/mol. The van der Waals surface area contributed by atoms with Crippen LogP contribution in [-0.2, 0) is 10.0 Å². The van der Waals surface area contributed by atoms with Crippen LogP contribution in [0.4, 0.5) is 0 Å². The third-order valence-corrected chi connectivity index (χ3v) is 2.82. The molecule has 0 amide bonds. The molecule has 0 saturated heterocycles. The lowest BCUT2D eigenvalue weighted by Gasteiger charge is -2.01. The minimum atomic E-state index is -3.45. The van der Waals surface area contributed by atoms with Crippen molar-refractivity contribution in [2.45, 2.75) is 18.9 Å². The van der Waals surface area contributed by atoms with Crippen molar-refractivity contribution in [3.63, 3.8) is 0 Å². The van der Waals surface area contributed by atoms with Crippen molar-refractivity contribution in [3.05, 3.63) is 17.8 Å². The molecule has 5 nitrogen and oxygen atoms in total. The molecule has 1 rings (SSSR count). The van der Waals surface area contributed by atoms with E-state index in [0.29, 0.717) is 12.2 Å². The van der Waals surface area contributed by atoms with Gasteiger partial charge in [0.1, 0.15) is 0 Å². The van der Waals surface area contributed by atoms with E-state index in [0.717, 1.165) is 0 Å². The van der Waals surface area contributed by atoms with Crippen LogP contribution in [0.2, 0.25) is 0 Å². The lowest BCUT2D eigenvalue weighted by atomic mass is 10.4. The topological polar surface area (TPSA) is 72.0 Å². The summed E-state index contributed by atoms with van der Waals surface area (Å²) < 4.78 is 25.0. The van der Waals surface area contributed by atoms with E-state index >= 15 is 0 Å². The second-order valence-corrected chi connectivity index (χ2v) is 4.23. The number of hydrogen-bond acceptors (Lipinski definition) is 4. The minimum absolute atomic E-state index is 0.0417. The summed E-state index contributed by atoms with van der Waals surface area (Å²) in [5.41, 5.74) is 0.690. The summed E-state index contributed by atoms with van der Waals surface area (Å²) in [5, 5.41) is 7.18. The Morgan fingerprint density at radius 1 is 1.38 bits per heavy atom. The van der Waals surface area contributed by atoms with Crippen LogP contribution in [0, 0.1) is 6.92 Å². The van der Waals surface area contributed by atoms with Gasteiger partial charge in [0.25, 0.3) is 10.0 Å². The Morgan fingerprint density at radius 2 is 2.08 bits per heavy atom. The maximum absolute atomic E-state index is 11.3. The minimum Gasteiger partial charge on any atom is -0.210 e. The maximum atomic E-state index is 11.3. The van der Waals surface area contributed by atoms with E-state index in [-0.39, 0.29) is 5.03 Å². The molecule has 0 aliphatic heterocycles. The quantitative estimate of drug-likeness (QED) is 0.752. The Bertz CT molecular complexity index is 371. The molecule has 0 aliphatic rings. The van der Waals surface area contributed by atoms with Crippen LogP contribution in [0.5, 0.6) is 0 Å². The number of sulfonamides is 1. The van der Waals surface area contributed by atoms with Gasteiger partial charge in [-0.2, -0.15) is 5.10 Å². The summed E-state index contributed by atoms with van der Waals surface area (Å²) in [5.74, 6) is 0. The van der Waals surface area contributed by atoms with Crippen LogP contribution >= 0.6 is 0 Å². The zero-order chi connectivity index (χ0) is 9.90. The Kier molecular flexibility index (Phi) is 2.94. The van der Waals surface area contributed by atoms with Crippen molar-refractivity contribution in [1.29, 1.82) is 0 Å². The van der Waals surface area contributed by atoms with Crippen molar-refractivity contribution in [2.75, 3.05) is 6.54 Å². The third kappa shape index (κ3) is 2.46. The molecule has 0 aliphatic carbocycles. The van der Waals surface area contributed by atoms with Gasteiger partial charge in [-0.05, 0) is 19.1 Å². The smallest absolute Gasteiger partial charge is 0.210 e. The molecule has 6 heteroatoms. The molecule has 0 spiro atoms. The second kappa shape index (κ2) is 3.80. The SMILES string of the molecule is CCNS(=O)(=O)c1ccc(C)nn1. The first kappa shape index (κ1) is 10.1. The highest BCUT2D eigenvalue weighted by molar-refractivity contribution is 7.89. The van der Waals surface area contributed by atoms with Crippen LogP contribution < -0.4 is 4.72 Å². The van der Waals surface area contributed by atoms with E-state index in [1.54, 1.807) is 19.9 Å². The largest absolute Gasteiger partial charge is 0.259 e. The molecule has 0 saturated carbocycles. The first-order chi connectivity index (χ1) is 6.06. The summed E-state index contributed by atoms with van der Waals surface area (Å²) in [4.78, 5) is 0. The van der Waals surface area contributed by atoms with Crippen LogP contribution in [0.25, 0.3) is 0 Å². The van der Waals surface area contributed by atoms with Gasteiger partial charge in [0.15, 0.2) is 5.03 Å². The molecule has 72 valence electrons. The first-order valence-corrected chi connectivity index (χ1v) is 5.34. The Morgan fingerprint density at radius 3 is 2.54 bits per heavy atom. The lowest BCUT2D eigenvalue weighted by molar-refractivity contribution is 0.577. The number of nitrogens with one attached hydrogen (secondary N) is 1. The number of rotatable bonds is 3. The van der Waals surface area contributed by atoms with Gasteiger partial charge in [0, 0.05) is 6.54 Å². The number of aromatic nitrogens is 2. The molecule has 0 atom stereocenters. The van der Waals surface area contributed by atoms with Crippen molar-refractivity contribution in [3.8, 4) is 0 Å². The summed E-state index contributed by atoms with van der Waals surface area (Å²) in [6.07, 6.45) is 0. The van der Waals surface area contributed by atoms with Gasteiger partial charge >= 0.3 is 0 Å². The van der Waals surface area contributed by atoms with Crippen LogP contribution in [0.15, 0.2) is 17.2 Å². The third-order valence-electron chi connectivity index (χ3n) is 1.38. The Balaban J connectivity index is 3.02. The van der Waals surface area contributed by atoms with Gasteiger partial charge in [-0.15, -0.1) is 5.10 Å². The molecular formula is C7H11N3O2S. The Labute approximate surface area is 77.2 Å². The molecule has 1 aromatic heterocycles. The maximum Gasteiger partial charge on any atom is 0.259 e. The Hall–Kier alpha value is -1.01. The average molecular weight is 201 g/mol. The fraction of sp³-hybridized carbons (Fsp3) is 0.429. The number of aryl methyl sites for hydroxylation is 1. The van der Waals surface area contributed by atoms with Crippen LogP contribution in [0.3, 0.4) is 0 Å². The van der Waals surface area contributed by atoms with E-state index in [1.807, 2.05) is 0 Å². The molecule has 0 radical (unpaired) electrons. The van der Waals surface area contributed by atoms with Gasteiger partial charge < -0.3 is 0 Å². The average Bonchev–Trinajstić information content (AvgIpc) is 2.05. The standard InChI is InChI=1S/C7H11N3O2S/c1-3-8-13(11,12)7-5-4-6(2)9-10-7/h4-5,8H,3H2,1-2H3. The molecule has 0 fully saturated rings. The molecule has 1 aromatic rings. The molecular weight excluding hydrogens is 190 g/mol. The highest BCUT2D eigenvalue weighted by Crippen LogP contribution is 2.02. The zero-order valence-electron chi connectivity index (χ0n) is 7.48. The van der Waals surface area contributed by atoms with E-state index in [9.17, 15) is 8.42 Å². The van der Waals surface area contributed by atoms with Gasteiger partial charge in [0.05, 0.1) is 5.69 Å². The fourth-order valence-electron chi connectivity index (χ4n) is 0.794. The molecule has 0 bridgehead atoms. The van der Waals surface area contributed by atoms with Crippen LogP contribution in [0.1, 0.15) is 12.6 Å². The summed E-state index contributed by atoms with van der Waals surface area (Å²) in [6, 6.07) is 3.04. The first-order valence-electron chi connectivity index (χ1n) is 3.86. The monoisotopic (exact) mass is 201 g/mol. The fourth-order valence-corrected chi connectivity index (χ4v) is 1.72. The molecule has 0 unspecified atom stereocenters. The van der Waals surface area contributed by atoms with Gasteiger partial charge in [-0.25, -0.2) is 13.1 Å². The summed E-state index contributed by atoms with van der Waals surface area (Å²) in [6.45, 7) is 3.80. The van der Waals surface area contributed by atoms with Crippen molar-refractivity contribution in [1.82, 2.24) is 14.9 Å². The molecule has 13 heavy (non-hydrogen) atoms. The van der Waals surface area contributed by atoms with Gasteiger partial charge in [-0.3, -0.25) is 0 Å². The van der Waals surface area contributed by atoms with Crippen molar-refractivity contribution >= 4 is 10.0 Å². The van der Waals surface area contributed by atoms with E-state index in [1.165, 1.54) is 6.07 Å². The molecule has 0 aromatic carbocycles. The second-order valence-electron chi connectivity index (χ2n) is 2.51. The van der Waals surface area contributed by atoms with Gasteiger partial charge in [-0.1, -0.05) is 6.92 Å². The van der Waals surface area contributed by atoms with Gasteiger partial charge in [0.2, 0.25) is 0 Å². The number of nitrogens with zero attached hydrogens (tertiary/aromatic N) is 2. The predicted octanol–water partition coefficient (Wildman–Crippen LogP) is 0.0832. The summed E-state index contributed by atoms with van der Waals surface area (Å²) >= 11 is 0. The zero-order valence-corrected chi connectivity index (χ0v) is 8.30. The van der Waals surface area contributed by atoms with Crippen molar-refractivity contribution in [2.24, 2.45) is 0 Å². The van der Waals surface area contributed by atoms with Crippen LogP contribution in [-0.4, -0.2) is 25.2 Å². The molecule has 1 N–H and O–H groups in total. The van der Waals surface area contributed by atoms with E-state index < -0.39 is 10.0 Å². The van der Waals surface area contributed by atoms with Crippen molar-refractivity contribution < 1.29 is 8.42 Å². The lowest BCUT2D eigenvalue weighted by Crippen LogP contribution is -2.24. The van der Waals surface area contributed by atoms with E-state index in [4.69, 9.17) is 0 Å². The number of hydrogen-bond donors (Lipinski definition) is 1. The molecule has 1 heterocycles. The summed E-state index contributed by atoms with van der Waals surface area (Å²) in [7, 11) is -3.45. The highest BCUT2D eigenvalue weighted by Gasteiger charge is 2.13. The highest BCUT2D eigenvalue weighted by atomic mass is 32.2. The van der Waals surface area contributed by atoms with E-state index in [2.05, 4.69) is 14.9 Å².